The van der Waals surface area contributed by atoms with Crippen LogP contribution in [0, 0.1) is 0 Å². The fourth-order valence-corrected chi connectivity index (χ4v) is 3.34. The van der Waals surface area contributed by atoms with E-state index in [0.717, 1.165) is 37.9 Å². The highest BCUT2D eigenvalue weighted by atomic mass is 16.6. The summed E-state index contributed by atoms with van der Waals surface area (Å²) in [5.74, 6) is 1.37. The second-order valence-corrected chi connectivity index (χ2v) is 6.51. The van der Waals surface area contributed by atoms with E-state index in [1.54, 1.807) is 0 Å². The Labute approximate surface area is 149 Å². The molecule has 25 heavy (non-hydrogen) atoms. The minimum atomic E-state index is -0.262. The van der Waals surface area contributed by atoms with Gasteiger partial charge in [-0.15, -0.1) is 0 Å². The molecular weight excluding hydrogens is 316 g/mol. The summed E-state index contributed by atoms with van der Waals surface area (Å²) in [5.41, 5.74) is 6.61. The third-order valence-electron chi connectivity index (χ3n) is 4.75. The predicted octanol–water partition coefficient (Wildman–Crippen LogP) is 4.26. The van der Waals surface area contributed by atoms with Gasteiger partial charge in [-0.2, -0.15) is 0 Å². The first-order chi connectivity index (χ1) is 12.2. The van der Waals surface area contributed by atoms with Crippen LogP contribution in [0.4, 0.5) is 10.5 Å². The van der Waals surface area contributed by atoms with Gasteiger partial charge in [0, 0.05) is 25.4 Å². The maximum absolute atomic E-state index is 12.5. The van der Waals surface area contributed by atoms with Crippen molar-refractivity contribution in [2.45, 2.75) is 51.2 Å². The van der Waals surface area contributed by atoms with Crippen molar-refractivity contribution in [3.8, 4) is 5.75 Å². The SMILES string of the molecule is CCC1CC(Oc2ccccc2N)CCN1C(=O)OC1=CCCC=C1. The molecule has 2 N–H and O–H groups in total. The Morgan fingerprint density at radius 1 is 1.32 bits per heavy atom. The summed E-state index contributed by atoms with van der Waals surface area (Å²) in [5, 5.41) is 0. The Morgan fingerprint density at radius 3 is 2.88 bits per heavy atom. The molecule has 0 radical (unpaired) electrons. The Hall–Kier alpha value is -2.43. The number of nitrogens with zero attached hydrogens (tertiary/aromatic N) is 1. The minimum absolute atomic E-state index is 0.0625. The molecule has 5 heteroatoms. The van der Waals surface area contributed by atoms with Crippen molar-refractivity contribution in [1.82, 2.24) is 4.90 Å². The van der Waals surface area contributed by atoms with Crippen LogP contribution in [0.25, 0.3) is 0 Å². The zero-order chi connectivity index (χ0) is 17.6. The zero-order valence-corrected chi connectivity index (χ0v) is 14.7. The van der Waals surface area contributed by atoms with Crippen molar-refractivity contribution in [3.63, 3.8) is 0 Å². The van der Waals surface area contributed by atoms with Crippen molar-refractivity contribution in [1.29, 1.82) is 0 Å². The number of nitrogens with two attached hydrogens (primary N) is 1. The van der Waals surface area contributed by atoms with E-state index in [1.165, 1.54) is 0 Å². The molecule has 0 aromatic heterocycles. The number of para-hydroxylation sites is 2. The summed E-state index contributed by atoms with van der Waals surface area (Å²) >= 11 is 0. The lowest BCUT2D eigenvalue weighted by atomic mass is 9.97. The molecule has 1 aromatic rings. The van der Waals surface area contributed by atoms with Gasteiger partial charge in [0.15, 0.2) is 0 Å². The molecule has 1 aromatic carbocycles. The fraction of sp³-hybridized carbons (Fsp3) is 0.450. The lowest BCUT2D eigenvalue weighted by molar-refractivity contribution is 0.0484. The Bertz CT molecular complexity index is 669. The van der Waals surface area contributed by atoms with Crippen LogP contribution in [-0.2, 0) is 4.74 Å². The Balaban J connectivity index is 1.59. The van der Waals surface area contributed by atoms with Crippen molar-refractivity contribution in [2.24, 2.45) is 0 Å². The van der Waals surface area contributed by atoms with Gasteiger partial charge < -0.3 is 20.1 Å². The lowest BCUT2D eigenvalue weighted by Gasteiger charge is -2.38. The summed E-state index contributed by atoms with van der Waals surface area (Å²) in [6.45, 7) is 2.72. The van der Waals surface area contributed by atoms with E-state index in [2.05, 4.69) is 6.92 Å². The molecule has 134 valence electrons. The van der Waals surface area contributed by atoms with E-state index in [9.17, 15) is 4.79 Å². The van der Waals surface area contributed by atoms with Gasteiger partial charge in [0.25, 0.3) is 0 Å². The number of allylic oxidation sites excluding steroid dienone is 3. The van der Waals surface area contributed by atoms with Gasteiger partial charge in [0.2, 0.25) is 0 Å². The topological polar surface area (TPSA) is 64.8 Å². The molecule has 0 spiro atoms. The number of piperidine rings is 1. The number of nitrogen functional groups attached to an aromatic ring is 1. The molecule has 2 aliphatic rings. The van der Waals surface area contributed by atoms with E-state index in [4.69, 9.17) is 15.2 Å². The maximum Gasteiger partial charge on any atom is 0.415 e. The van der Waals surface area contributed by atoms with Gasteiger partial charge in [-0.05, 0) is 43.5 Å². The normalized spacial score (nSPS) is 23.1. The van der Waals surface area contributed by atoms with E-state index < -0.39 is 0 Å². The van der Waals surface area contributed by atoms with Crippen LogP contribution in [0.1, 0.15) is 39.0 Å². The van der Waals surface area contributed by atoms with Gasteiger partial charge >= 0.3 is 6.09 Å². The van der Waals surface area contributed by atoms with Crippen LogP contribution >= 0.6 is 0 Å². The Morgan fingerprint density at radius 2 is 2.16 bits per heavy atom. The summed E-state index contributed by atoms with van der Waals surface area (Å²) in [7, 11) is 0. The number of amides is 1. The number of rotatable bonds is 4. The van der Waals surface area contributed by atoms with E-state index in [1.807, 2.05) is 47.4 Å². The number of benzene rings is 1. The molecule has 1 saturated heterocycles. The molecule has 2 atom stereocenters. The number of ether oxygens (including phenoxy) is 2. The largest absolute Gasteiger partial charge is 0.488 e. The summed E-state index contributed by atoms with van der Waals surface area (Å²) < 4.78 is 11.6. The van der Waals surface area contributed by atoms with Crippen LogP contribution in [-0.4, -0.2) is 29.7 Å². The van der Waals surface area contributed by atoms with Crippen LogP contribution in [0.15, 0.2) is 48.3 Å². The van der Waals surface area contributed by atoms with Crippen LogP contribution in [0.3, 0.4) is 0 Å². The number of carbonyl (C=O) groups is 1. The first-order valence-electron chi connectivity index (χ1n) is 9.03. The fourth-order valence-electron chi connectivity index (χ4n) is 3.34. The highest BCUT2D eigenvalue weighted by molar-refractivity contribution is 5.70. The molecule has 1 aliphatic heterocycles. The highest BCUT2D eigenvalue weighted by Crippen LogP contribution is 2.28. The first kappa shape index (κ1) is 17.4. The van der Waals surface area contributed by atoms with E-state index in [-0.39, 0.29) is 18.2 Å². The number of carbonyl (C=O) groups excluding carboxylic acids is 1. The number of likely N-dealkylation sites (tertiary alicyclic amines) is 1. The Kier molecular flexibility index (Phi) is 5.64. The van der Waals surface area contributed by atoms with Gasteiger partial charge in [-0.3, -0.25) is 0 Å². The van der Waals surface area contributed by atoms with Crippen LogP contribution in [0.5, 0.6) is 5.75 Å². The zero-order valence-electron chi connectivity index (χ0n) is 14.7. The molecule has 1 aliphatic carbocycles. The third-order valence-corrected chi connectivity index (χ3v) is 4.75. The van der Waals surface area contributed by atoms with E-state index in [0.29, 0.717) is 18.0 Å². The molecule has 0 saturated carbocycles. The standard InChI is InChI=1S/C20H26N2O3/c1-2-15-14-17(24-19-11-7-6-10-18(19)21)12-13-22(15)20(23)25-16-8-4-3-5-9-16/h4,6-11,15,17H,2-3,5,12-14,21H2,1H3. The average Bonchev–Trinajstić information content (AvgIpc) is 2.64. The lowest BCUT2D eigenvalue weighted by Crippen LogP contribution is -2.48. The molecular formula is C20H26N2O3. The van der Waals surface area contributed by atoms with Crippen molar-refractivity contribution in [3.05, 3.63) is 48.3 Å². The van der Waals surface area contributed by atoms with Gasteiger partial charge in [0.1, 0.15) is 17.6 Å². The number of anilines is 1. The first-order valence-corrected chi connectivity index (χ1v) is 9.03. The minimum Gasteiger partial charge on any atom is -0.488 e. The van der Waals surface area contributed by atoms with Crippen molar-refractivity contribution >= 4 is 11.8 Å². The molecule has 1 heterocycles. The molecule has 1 amide bonds. The summed E-state index contributed by atoms with van der Waals surface area (Å²) in [6, 6.07) is 7.65. The van der Waals surface area contributed by atoms with Crippen molar-refractivity contribution < 1.29 is 14.3 Å². The van der Waals surface area contributed by atoms with Gasteiger partial charge in [-0.1, -0.05) is 25.1 Å². The molecule has 1 fully saturated rings. The predicted molar refractivity (Wildman–Crippen MR) is 98.2 cm³/mol. The second-order valence-electron chi connectivity index (χ2n) is 6.51. The van der Waals surface area contributed by atoms with Gasteiger partial charge in [-0.25, -0.2) is 4.79 Å². The average molecular weight is 342 g/mol. The summed E-state index contributed by atoms with van der Waals surface area (Å²) in [6.07, 6.45) is 10.0. The maximum atomic E-state index is 12.5. The van der Waals surface area contributed by atoms with E-state index >= 15 is 0 Å². The van der Waals surface area contributed by atoms with Crippen molar-refractivity contribution in [2.75, 3.05) is 12.3 Å². The van der Waals surface area contributed by atoms with Crippen LogP contribution < -0.4 is 10.5 Å². The molecule has 2 unspecified atom stereocenters. The number of hydrogen-bond donors (Lipinski definition) is 1. The quantitative estimate of drug-likeness (QED) is 0.830. The molecule has 0 bridgehead atoms. The molecule has 3 rings (SSSR count). The summed E-state index contributed by atoms with van der Waals surface area (Å²) in [4.78, 5) is 14.4. The third kappa shape index (κ3) is 4.35. The van der Waals surface area contributed by atoms with Crippen LogP contribution in [0.2, 0.25) is 0 Å². The second kappa shape index (κ2) is 8.10. The molecule has 5 nitrogen and oxygen atoms in total. The highest BCUT2D eigenvalue weighted by Gasteiger charge is 2.33. The smallest absolute Gasteiger partial charge is 0.415 e. The monoisotopic (exact) mass is 342 g/mol. The van der Waals surface area contributed by atoms with Gasteiger partial charge in [0.05, 0.1) is 5.69 Å². The number of hydrogen-bond acceptors (Lipinski definition) is 4.